The number of ketones is 1. The number of carbonyl (C=O) groups is 1. The largest absolute Gasteiger partial charge is 0.512 e. The quantitative estimate of drug-likeness (QED) is 0.368. The number of hydrogen-bond acceptors (Lipinski definition) is 3. The number of allylic oxidation sites excluding steroid dienone is 3. The summed E-state index contributed by atoms with van der Waals surface area (Å²) in [7, 11) is 0. The number of Topliss-reactive ketones (excluding diaryl/α,β-unsaturated/α-hetero) is 1. The van der Waals surface area contributed by atoms with Crippen LogP contribution in [0.2, 0.25) is 0 Å². The lowest BCUT2D eigenvalue weighted by Crippen LogP contribution is -2.30. The average molecular weight is 405 g/mol. The van der Waals surface area contributed by atoms with Crippen molar-refractivity contribution in [3.8, 4) is 0 Å². The van der Waals surface area contributed by atoms with Gasteiger partial charge < -0.3 is 10.2 Å². The van der Waals surface area contributed by atoms with Crippen molar-refractivity contribution in [1.29, 1.82) is 0 Å². The van der Waals surface area contributed by atoms with Gasteiger partial charge in [0, 0.05) is 17.9 Å². The molecule has 0 aromatic rings. The highest BCUT2D eigenvalue weighted by Crippen LogP contribution is 2.35. The molecule has 0 aromatic heterocycles. The molecule has 0 aliphatic heterocycles. The maximum Gasteiger partial charge on any atom is 0.162 e. The van der Waals surface area contributed by atoms with Gasteiger partial charge in [-0.2, -0.15) is 0 Å². The van der Waals surface area contributed by atoms with Gasteiger partial charge in [-0.25, -0.2) is 0 Å². The highest BCUT2D eigenvalue weighted by molar-refractivity contribution is 5.96. The molecule has 0 aromatic carbocycles. The van der Waals surface area contributed by atoms with Crippen LogP contribution in [0.25, 0.3) is 0 Å². The van der Waals surface area contributed by atoms with Crippen LogP contribution in [-0.2, 0) is 4.79 Å². The monoisotopic (exact) mass is 404 g/mol. The number of rotatable bonds is 11. The summed E-state index contributed by atoms with van der Waals surface area (Å²) in [6, 6.07) is 0. The first-order chi connectivity index (χ1) is 13.8. The lowest BCUT2D eigenvalue weighted by molar-refractivity contribution is -0.116. The van der Waals surface area contributed by atoms with Gasteiger partial charge in [0.05, 0.1) is 6.10 Å². The Bertz CT molecular complexity index is 587. The fourth-order valence-corrected chi connectivity index (χ4v) is 4.89. The van der Waals surface area contributed by atoms with E-state index in [2.05, 4.69) is 33.8 Å². The van der Waals surface area contributed by atoms with Crippen LogP contribution in [0.15, 0.2) is 23.0 Å². The average Bonchev–Trinajstić information content (AvgIpc) is 2.67. The van der Waals surface area contributed by atoms with E-state index in [9.17, 15) is 15.0 Å². The molecule has 0 heterocycles. The van der Waals surface area contributed by atoms with Crippen LogP contribution >= 0.6 is 0 Å². The Morgan fingerprint density at radius 1 is 1.10 bits per heavy atom. The Morgan fingerprint density at radius 3 is 2.52 bits per heavy atom. The van der Waals surface area contributed by atoms with Crippen molar-refractivity contribution in [2.75, 3.05) is 0 Å². The van der Waals surface area contributed by atoms with Gasteiger partial charge in [0.25, 0.3) is 0 Å². The van der Waals surface area contributed by atoms with Gasteiger partial charge in [0.2, 0.25) is 0 Å². The number of hydrogen-bond donors (Lipinski definition) is 2. The minimum absolute atomic E-state index is 0.107. The summed E-state index contributed by atoms with van der Waals surface area (Å²) in [6.07, 6.45) is 13.3. The first-order valence-corrected chi connectivity index (χ1v) is 12.1. The summed E-state index contributed by atoms with van der Waals surface area (Å²) >= 11 is 0. The Kier molecular flexibility index (Phi) is 9.95. The van der Waals surface area contributed by atoms with Crippen molar-refractivity contribution < 1.29 is 15.0 Å². The van der Waals surface area contributed by atoms with Crippen molar-refractivity contribution in [2.45, 2.75) is 111 Å². The smallest absolute Gasteiger partial charge is 0.162 e. The van der Waals surface area contributed by atoms with Gasteiger partial charge in [0.15, 0.2) is 5.78 Å². The SMILES string of the molecule is CC1=CCC(CCC(=O)C2=C(O)C(CCC(C)CCCC(C)C)C(O)CC2)CC1. The van der Waals surface area contributed by atoms with Crippen molar-refractivity contribution in [2.24, 2.45) is 23.7 Å². The zero-order chi connectivity index (χ0) is 21.4. The molecule has 0 spiro atoms. The predicted molar refractivity (Wildman–Crippen MR) is 121 cm³/mol. The van der Waals surface area contributed by atoms with Gasteiger partial charge in [0.1, 0.15) is 5.76 Å². The molecule has 0 saturated carbocycles. The molecule has 29 heavy (non-hydrogen) atoms. The van der Waals surface area contributed by atoms with E-state index in [0.717, 1.165) is 38.0 Å². The fourth-order valence-electron chi connectivity index (χ4n) is 4.89. The highest BCUT2D eigenvalue weighted by Gasteiger charge is 2.33. The molecule has 3 heteroatoms. The van der Waals surface area contributed by atoms with Gasteiger partial charge >= 0.3 is 0 Å². The molecule has 2 aliphatic carbocycles. The van der Waals surface area contributed by atoms with E-state index >= 15 is 0 Å². The standard InChI is InChI=1S/C26H44O3/c1-18(2)6-5-7-19(3)10-14-22-25(28)17-15-23(26(22)29)24(27)16-13-21-11-8-20(4)9-12-21/h8,18-19,21-22,25,28-29H,5-7,9-17H2,1-4H3. The van der Waals surface area contributed by atoms with Crippen LogP contribution in [0.3, 0.4) is 0 Å². The van der Waals surface area contributed by atoms with Gasteiger partial charge in [-0.15, -0.1) is 0 Å². The van der Waals surface area contributed by atoms with Gasteiger partial charge in [-0.05, 0) is 76.0 Å². The van der Waals surface area contributed by atoms with Crippen molar-refractivity contribution in [1.82, 2.24) is 0 Å². The molecule has 2 aliphatic rings. The Morgan fingerprint density at radius 2 is 1.86 bits per heavy atom. The molecule has 2 N–H and O–H groups in total. The summed E-state index contributed by atoms with van der Waals surface area (Å²) < 4.78 is 0. The molecule has 4 unspecified atom stereocenters. The van der Waals surface area contributed by atoms with E-state index in [0.29, 0.717) is 36.7 Å². The van der Waals surface area contributed by atoms with E-state index in [1.165, 1.54) is 31.3 Å². The van der Waals surface area contributed by atoms with E-state index in [-0.39, 0.29) is 17.5 Å². The van der Waals surface area contributed by atoms with Crippen LogP contribution in [0.4, 0.5) is 0 Å². The summed E-state index contributed by atoms with van der Waals surface area (Å²) in [4.78, 5) is 12.8. The molecule has 0 saturated heterocycles. The zero-order valence-electron chi connectivity index (χ0n) is 19.3. The van der Waals surface area contributed by atoms with Gasteiger partial charge in [-0.3, -0.25) is 4.79 Å². The molecule has 3 nitrogen and oxygen atoms in total. The van der Waals surface area contributed by atoms with Crippen LogP contribution in [0, 0.1) is 23.7 Å². The van der Waals surface area contributed by atoms with E-state index in [1.54, 1.807) is 0 Å². The lowest BCUT2D eigenvalue weighted by Gasteiger charge is -2.30. The molecule has 0 bridgehead atoms. The highest BCUT2D eigenvalue weighted by atomic mass is 16.3. The maximum atomic E-state index is 12.8. The summed E-state index contributed by atoms with van der Waals surface area (Å²) in [6.45, 7) is 8.97. The normalized spacial score (nSPS) is 26.6. The second-order valence-corrected chi connectivity index (χ2v) is 10.2. The lowest BCUT2D eigenvalue weighted by atomic mass is 9.79. The molecule has 4 atom stereocenters. The van der Waals surface area contributed by atoms with Crippen LogP contribution in [0.5, 0.6) is 0 Å². The zero-order valence-corrected chi connectivity index (χ0v) is 19.3. The molecular formula is C26H44O3. The van der Waals surface area contributed by atoms with Crippen molar-refractivity contribution in [3.63, 3.8) is 0 Å². The first-order valence-electron chi connectivity index (χ1n) is 12.1. The third-order valence-electron chi connectivity index (χ3n) is 7.13. The second kappa shape index (κ2) is 11.9. The molecule has 0 amide bonds. The van der Waals surface area contributed by atoms with Crippen molar-refractivity contribution >= 4 is 5.78 Å². The fraction of sp³-hybridized carbons (Fsp3) is 0.808. The Hall–Kier alpha value is -1.09. The molecule has 0 fully saturated rings. The van der Waals surface area contributed by atoms with Crippen molar-refractivity contribution in [3.05, 3.63) is 23.0 Å². The third kappa shape index (κ3) is 7.92. The second-order valence-electron chi connectivity index (χ2n) is 10.2. The molecule has 0 radical (unpaired) electrons. The van der Waals surface area contributed by atoms with Crippen LogP contribution in [-0.4, -0.2) is 22.1 Å². The number of carbonyl (C=O) groups excluding carboxylic acids is 1. The Balaban J connectivity index is 1.85. The maximum absolute atomic E-state index is 12.8. The summed E-state index contributed by atoms with van der Waals surface area (Å²) in [5.74, 6) is 1.99. The van der Waals surface area contributed by atoms with Gasteiger partial charge in [-0.1, -0.05) is 51.7 Å². The summed E-state index contributed by atoms with van der Waals surface area (Å²) in [5, 5.41) is 21.2. The van der Waals surface area contributed by atoms with Crippen LogP contribution in [0.1, 0.15) is 105 Å². The molecule has 166 valence electrons. The summed E-state index contributed by atoms with van der Waals surface area (Å²) in [5.41, 5.74) is 2.07. The third-order valence-corrected chi connectivity index (χ3v) is 7.13. The van der Waals surface area contributed by atoms with E-state index in [4.69, 9.17) is 0 Å². The molecule has 2 rings (SSSR count). The number of aliphatic hydroxyl groups excluding tert-OH is 2. The first kappa shape index (κ1) is 24.2. The van der Waals surface area contributed by atoms with Crippen LogP contribution < -0.4 is 0 Å². The minimum atomic E-state index is -0.513. The van der Waals surface area contributed by atoms with E-state index < -0.39 is 6.10 Å². The predicted octanol–water partition coefficient (Wildman–Crippen LogP) is 6.91. The molecular weight excluding hydrogens is 360 g/mol. The van der Waals surface area contributed by atoms with E-state index in [1.807, 2.05) is 0 Å². The minimum Gasteiger partial charge on any atom is -0.512 e. The Labute approximate surface area is 178 Å². The number of aliphatic hydroxyl groups is 2. The topological polar surface area (TPSA) is 57.5 Å².